The highest BCUT2D eigenvalue weighted by atomic mass is 35.5. The summed E-state index contributed by atoms with van der Waals surface area (Å²) in [7, 11) is 1.74. The maximum absolute atomic E-state index is 11.9. The molecule has 0 heterocycles. The Balaban J connectivity index is 0.00000324. The minimum Gasteiger partial charge on any atom is -0.385 e. The summed E-state index contributed by atoms with van der Waals surface area (Å²) in [5, 5.41) is 3.08. The predicted molar refractivity (Wildman–Crippen MR) is 80.5 cm³/mol. The van der Waals surface area contributed by atoms with E-state index in [0.29, 0.717) is 0 Å². The smallest absolute Gasteiger partial charge is 0.224 e. The van der Waals surface area contributed by atoms with Gasteiger partial charge in [-0.05, 0) is 31.6 Å². The van der Waals surface area contributed by atoms with Crippen molar-refractivity contribution < 1.29 is 9.53 Å². The van der Waals surface area contributed by atoms with Crippen molar-refractivity contribution in [3.8, 4) is 0 Å². The van der Waals surface area contributed by atoms with E-state index in [1.165, 1.54) is 25.7 Å². The lowest BCUT2D eigenvalue weighted by Crippen LogP contribution is -2.43. The van der Waals surface area contributed by atoms with Crippen molar-refractivity contribution in [2.24, 2.45) is 17.1 Å². The van der Waals surface area contributed by atoms with Gasteiger partial charge in [0.2, 0.25) is 5.91 Å². The average molecular weight is 293 g/mol. The van der Waals surface area contributed by atoms with Gasteiger partial charge in [0, 0.05) is 32.2 Å². The zero-order valence-electron chi connectivity index (χ0n) is 12.4. The second-order valence-corrected chi connectivity index (χ2v) is 5.82. The van der Waals surface area contributed by atoms with Crippen LogP contribution in [-0.4, -0.2) is 32.2 Å². The van der Waals surface area contributed by atoms with Gasteiger partial charge in [0.1, 0.15) is 0 Å². The molecule has 0 spiro atoms. The number of nitrogens with two attached hydrogens (primary N) is 1. The van der Waals surface area contributed by atoms with Crippen LogP contribution in [0.2, 0.25) is 0 Å². The van der Waals surface area contributed by atoms with E-state index in [2.05, 4.69) is 5.32 Å². The lowest BCUT2D eigenvalue weighted by Gasteiger charge is -2.30. The summed E-state index contributed by atoms with van der Waals surface area (Å²) in [6.07, 6.45) is 5.97. The molecule has 0 bridgehead atoms. The van der Waals surface area contributed by atoms with E-state index >= 15 is 0 Å². The normalized spacial score (nSPS) is 20.4. The molecule has 19 heavy (non-hydrogen) atoms. The zero-order valence-corrected chi connectivity index (χ0v) is 13.2. The van der Waals surface area contributed by atoms with Gasteiger partial charge in [-0.2, -0.15) is 0 Å². The molecule has 5 heteroatoms. The maximum Gasteiger partial charge on any atom is 0.224 e. The van der Waals surface area contributed by atoms with E-state index in [0.717, 1.165) is 19.6 Å². The molecule has 1 rings (SSSR count). The first kappa shape index (κ1) is 18.7. The van der Waals surface area contributed by atoms with Crippen LogP contribution in [0.1, 0.15) is 46.0 Å². The first-order chi connectivity index (χ1) is 8.51. The van der Waals surface area contributed by atoms with Gasteiger partial charge in [0.05, 0.1) is 0 Å². The Labute approximate surface area is 123 Å². The summed E-state index contributed by atoms with van der Waals surface area (Å²) in [6, 6.07) is -0.0940. The van der Waals surface area contributed by atoms with Crippen LogP contribution in [0.3, 0.4) is 0 Å². The lowest BCUT2D eigenvalue weighted by molar-refractivity contribution is -0.125. The van der Waals surface area contributed by atoms with Gasteiger partial charge in [0.25, 0.3) is 0 Å². The minimum absolute atomic E-state index is 0. The van der Waals surface area contributed by atoms with Gasteiger partial charge < -0.3 is 15.8 Å². The van der Waals surface area contributed by atoms with Crippen molar-refractivity contribution in [1.29, 1.82) is 0 Å². The van der Waals surface area contributed by atoms with Gasteiger partial charge in [-0.15, -0.1) is 12.4 Å². The van der Waals surface area contributed by atoms with Crippen molar-refractivity contribution in [3.63, 3.8) is 0 Å². The molecule has 3 N–H and O–H groups in total. The second kappa shape index (κ2) is 8.77. The van der Waals surface area contributed by atoms with E-state index in [4.69, 9.17) is 10.5 Å². The summed E-state index contributed by atoms with van der Waals surface area (Å²) in [5.74, 6) is -0.0421. The van der Waals surface area contributed by atoms with Crippen molar-refractivity contribution in [2.75, 3.05) is 20.3 Å². The van der Waals surface area contributed by atoms with Crippen LogP contribution in [0.25, 0.3) is 0 Å². The fraction of sp³-hybridized carbons (Fsp3) is 0.929. The highest BCUT2D eigenvalue weighted by molar-refractivity contribution is 5.85. The Bertz CT molecular complexity index is 266. The number of ether oxygens (including phenoxy) is 1. The van der Waals surface area contributed by atoms with E-state index in [1.807, 2.05) is 13.8 Å². The maximum atomic E-state index is 11.9. The van der Waals surface area contributed by atoms with E-state index in [-0.39, 0.29) is 35.7 Å². The number of carbonyl (C=O) groups excluding carboxylic acids is 1. The molecular weight excluding hydrogens is 264 g/mol. The molecular formula is C14H29ClN2O2. The number of hydrogen-bond donors (Lipinski definition) is 2. The average Bonchev–Trinajstić information content (AvgIpc) is 2.82. The second-order valence-electron chi connectivity index (χ2n) is 5.82. The molecule has 0 aliphatic heterocycles. The highest BCUT2D eigenvalue weighted by Crippen LogP contribution is 2.40. The van der Waals surface area contributed by atoms with Crippen LogP contribution >= 0.6 is 12.4 Å². The molecule has 0 radical (unpaired) electrons. The number of carbonyl (C=O) groups is 1. The van der Waals surface area contributed by atoms with Crippen LogP contribution in [0.5, 0.6) is 0 Å². The Morgan fingerprint density at radius 3 is 2.42 bits per heavy atom. The summed E-state index contributed by atoms with van der Waals surface area (Å²) in [6.45, 7) is 5.31. The summed E-state index contributed by atoms with van der Waals surface area (Å²) in [5.41, 5.74) is 6.01. The van der Waals surface area contributed by atoms with Gasteiger partial charge in [-0.1, -0.05) is 19.8 Å². The molecule has 1 amide bonds. The molecule has 0 aromatic rings. The molecule has 114 valence electrons. The number of hydrogen-bond acceptors (Lipinski definition) is 3. The number of halogens is 1. The van der Waals surface area contributed by atoms with Gasteiger partial charge in [-0.25, -0.2) is 0 Å². The standard InChI is InChI=1S/C14H28N2O2.ClH/c1-11(12(2)15)13(17)16-10-14(8-9-18-3)6-4-5-7-14;/h11-12H,4-10,15H2,1-3H3,(H,16,17);1H. The molecule has 1 fully saturated rings. The number of rotatable bonds is 7. The number of nitrogens with one attached hydrogen (secondary N) is 1. The Morgan fingerprint density at radius 2 is 1.95 bits per heavy atom. The zero-order chi connectivity index (χ0) is 13.6. The summed E-state index contributed by atoms with van der Waals surface area (Å²) >= 11 is 0. The Kier molecular flexibility index (Phi) is 8.62. The summed E-state index contributed by atoms with van der Waals surface area (Å²) < 4.78 is 5.19. The van der Waals surface area contributed by atoms with Crippen molar-refractivity contribution in [3.05, 3.63) is 0 Å². The third-order valence-electron chi connectivity index (χ3n) is 4.34. The molecule has 1 aliphatic rings. The van der Waals surface area contributed by atoms with Gasteiger partial charge in [0.15, 0.2) is 0 Å². The highest BCUT2D eigenvalue weighted by Gasteiger charge is 2.34. The van der Waals surface area contributed by atoms with E-state index in [9.17, 15) is 4.79 Å². The van der Waals surface area contributed by atoms with Crippen LogP contribution < -0.4 is 11.1 Å². The molecule has 1 saturated carbocycles. The topological polar surface area (TPSA) is 64.3 Å². The molecule has 2 atom stereocenters. The van der Waals surface area contributed by atoms with Crippen molar-refractivity contribution in [1.82, 2.24) is 5.32 Å². The molecule has 2 unspecified atom stereocenters. The molecule has 1 aliphatic carbocycles. The van der Waals surface area contributed by atoms with Crippen LogP contribution in [-0.2, 0) is 9.53 Å². The monoisotopic (exact) mass is 292 g/mol. The predicted octanol–water partition coefficient (Wildman–Crippen LogP) is 2.10. The number of methoxy groups -OCH3 is 1. The first-order valence-electron chi connectivity index (χ1n) is 7.03. The number of amides is 1. The first-order valence-corrected chi connectivity index (χ1v) is 7.03. The SMILES string of the molecule is COCCC1(CNC(=O)C(C)C(C)N)CCCC1.Cl. The van der Waals surface area contributed by atoms with Crippen molar-refractivity contribution in [2.45, 2.75) is 52.0 Å². The van der Waals surface area contributed by atoms with Gasteiger partial charge in [-0.3, -0.25) is 4.79 Å². The molecule has 0 aromatic carbocycles. The van der Waals surface area contributed by atoms with E-state index in [1.54, 1.807) is 7.11 Å². The minimum atomic E-state index is -0.120. The van der Waals surface area contributed by atoms with E-state index < -0.39 is 0 Å². The third-order valence-corrected chi connectivity index (χ3v) is 4.34. The Morgan fingerprint density at radius 1 is 1.37 bits per heavy atom. The van der Waals surface area contributed by atoms with Crippen LogP contribution in [0.15, 0.2) is 0 Å². The van der Waals surface area contributed by atoms with Crippen LogP contribution in [0, 0.1) is 11.3 Å². The largest absolute Gasteiger partial charge is 0.385 e. The Hall–Kier alpha value is -0.320. The fourth-order valence-electron chi connectivity index (χ4n) is 2.63. The molecule has 4 nitrogen and oxygen atoms in total. The fourth-order valence-corrected chi connectivity index (χ4v) is 2.63. The molecule has 0 saturated heterocycles. The van der Waals surface area contributed by atoms with Gasteiger partial charge >= 0.3 is 0 Å². The van der Waals surface area contributed by atoms with Crippen molar-refractivity contribution >= 4 is 18.3 Å². The van der Waals surface area contributed by atoms with Crippen LogP contribution in [0.4, 0.5) is 0 Å². The summed E-state index contributed by atoms with van der Waals surface area (Å²) in [4.78, 5) is 11.9. The quantitative estimate of drug-likeness (QED) is 0.755. The lowest BCUT2D eigenvalue weighted by atomic mass is 9.82. The third kappa shape index (κ3) is 5.67. The molecule has 0 aromatic heterocycles.